The van der Waals surface area contributed by atoms with Crippen LogP contribution in [0.3, 0.4) is 0 Å². The minimum atomic E-state index is -1.55. The van der Waals surface area contributed by atoms with E-state index in [0.29, 0.717) is 5.56 Å². The van der Waals surface area contributed by atoms with E-state index in [4.69, 9.17) is 9.47 Å². The van der Waals surface area contributed by atoms with E-state index in [1.54, 1.807) is 42.5 Å². The Morgan fingerprint density at radius 3 is 2.18 bits per heavy atom. The molecular formula is C20H22O8. The fraction of sp³-hybridized carbons (Fsp3) is 0.300. The predicted molar refractivity (Wildman–Crippen MR) is 99.5 cm³/mol. The number of hydrogen-bond donors (Lipinski definition) is 6. The van der Waals surface area contributed by atoms with Crippen LogP contribution >= 0.6 is 0 Å². The molecule has 2 aromatic carbocycles. The second kappa shape index (κ2) is 8.59. The summed E-state index contributed by atoms with van der Waals surface area (Å²) in [4.78, 5) is 0. The van der Waals surface area contributed by atoms with Gasteiger partial charge >= 0.3 is 0 Å². The van der Waals surface area contributed by atoms with Crippen molar-refractivity contribution >= 4 is 12.2 Å². The highest BCUT2D eigenvalue weighted by Gasteiger charge is 2.44. The van der Waals surface area contributed by atoms with Crippen LogP contribution in [-0.4, -0.2) is 68.0 Å². The molecular weight excluding hydrogens is 368 g/mol. The van der Waals surface area contributed by atoms with Gasteiger partial charge < -0.3 is 40.1 Å². The molecule has 1 fully saturated rings. The van der Waals surface area contributed by atoms with Crippen LogP contribution in [0.15, 0.2) is 42.5 Å². The van der Waals surface area contributed by atoms with E-state index in [9.17, 15) is 30.6 Å². The molecule has 5 atom stereocenters. The summed E-state index contributed by atoms with van der Waals surface area (Å²) in [6, 6.07) is 10.9. The van der Waals surface area contributed by atoms with Gasteiger partial charge in [0.1, 0.15) is 41.7 Å². The maximum Gasteiger partial charge on any atom is 0.229 e. The fourth-order valence-corrected chi connectivity index (χ4v) is 2.85. The van der Waals surface area contributed by atoms with Gasteiger partial charge in [-0.1, -0.05) is 24.3 Å². The van der Waals surface area contributed by atoms with Crippen molar-refractivity contribution in [2.45, 2.75) is 30.7 Å². The average molecular weight is 390 g/mol. The van der Waals surface area contributed by atoms with Crippen LogP contribution in [0, 0.1) is 0 Å². The molecule has 6 N–H and O–H groups in total. The molecule has 1 aliphatic rings. The van der Waals surface area contributed by atoms with E-state index in [0.717, 1.165) is 5.56 Å². The van der Waals surface area contributed by atoms with Crippen LogP contribution in [0.4, 0.5) is 0 Å². The van der Waals surface area contributed by atoms with Crippen LogP contribution in [0.2, 0.25) is 0 Å². The van der Waals surface area contributed by atoms with Gasteiger partial charge in [-0.3, -0.25) is 0 Å². The third-order valence-electron chi connectivity index (χ3n) is 4.38. The van der Waals surface area contributed by atoms with E-state index in [-0.39, 0.29) is 17.2 Å². The maximum atomic E-state index is 10.1. The molecule has 8 heteroatoms. The first-order valence-electron chi connectivity index (χ1n) is 8.65. The minimum Gasteiger partial charge on any atom is -0.508 e. The molecule has 1 saturated heterocycles. The second-order valence-electron chi connectivity index (χ2n) is 6.50. The molecule has 0 amide bonds. The molecule has 28 heavy (non-hydrogen) atoms. The van der Waals surface area contributed by atoms with Crippen LogP contribution in [-0.2, 0) is 4.74 Å². The first-order chi connectivity index (χ1) is 13.4. The molecule has 0 radical (unpaired) electrons. The summed E-state index contributed by atoms with van der Waals surface area (Å²) >= 11 is 0. The molecule has 1 heterocycles. The third-order valence-corrected chi connectivity index (χ3v) is 4.38. The van der Waals surface area contributed by atoms with Crippen molar-refractivity contribution in [1.82, 2.24) is 0 Å². The predicted octanol–water partition coefficient (Wildman–Crippen LogP) is 0.447. The highest BCUT2D eigenvalue weighted by atomic mass is 16.7. The molecule has 3 rings (SSSR count). The van der Waals surface area contributed by atoms with Crippen molar-refractivity contribution < 1.29 is 40.1 Å². The fourth-order valence-electron chi connectivity index (χ4n) is 2.85. The summed E-state index contributed by atoms with van der Waals surface area (Å²) in [6.07, 6.45) is -3.52. The van der Waals surface area contributed by atoms with Crippen molar-refractivity contribution in [2.24, 2.45) is 0 Å². The van der Waals surface area contributed by atoms with Crippen LogP contribution in [0.1, 0.15) is 11.1 Å². The summed E-state index contributed by atoms with van der Waals surface area (Å²) in [6.45, 7) is -0.564. The number of hydrogen-bond acceptors (Lipinski definition) is 8. The number of benzene rings is 2. The highest BCUT2D eigenvalue weighted by molar-refractivity contribution is 5.71. The Kier molecular flexibility index (Phi) is 6.18. The standard InChI is InChI=1S/C20H22O8/c21-10-16-17(24)18(25)19(26)20(28-16)27-15-8-12(7-14(23)9-15)2-1-11-3-5-13(22)6-4-11/h1-9,16-26H,10H2/b2-1-/t16-,17+,18-,19-,20-/m0/s1. The Morgan fingerprint density at radius 2 is 1.50 bits per heavy atom. The number of rotatable bonds is 5. The molecule has 0 saturated carbocycles. The number of aromatic hydroxyl groups is 2. The summed E-state index contributed by atoms with van der Waals surface area (Å²) in [5.41, 5.74) is 1.42. The lowest BCUT2D eigenvalue weighted by Crippen LogP contribution is -2.60. The van der Waals surface area contributed by atoms with Crippen molar-refractivity contribution in [3.63, 3.8) is 0 Å². The van der Waals surface area contributed by atoms with Gasteiger partial charge in [-0.2, -0.15) is 0 Å². The average Bonchev–Trinajstić information content (AvgIpc) is 2.67. The Labute approximate surface area is 161 Å². The van der Waals surface area contributed by atoms with Crippen LogP contribution < -0.4 is 4.74 Å². The lowest BCUT2D eigenvalue weighted by atomic mass is 9.99. The third kappa shape index (κ3) is 4.61. The number of phenols is 2. The SMILES string of the molecule is OC[C@@H]1O[C@H](Oc2cc(O)cc(/C=C\c3ccc(O)cc3)c2)[C@@H](O)[C@@H](O)[C@@H]1O. The van der Waals surface area contributed by atoms with Crippen LogP contribution in [0.5, 0.6) is 17.2 Å². The normalized spacial score (nSPS) is 27.8. The van der Waals surface area contributed by atoms with Gasteiger partial charge in [0.05, 0.1) is 6.61 Å². The molecule has 150 valence electrons. The van der Waals surface area contributed by atoms with E-state index >= 15 is 0 Å². The van der Waals surface area contributed by atoms with Gasteiger partial charge in [-0.15, -0.1) is 0 Å². The Bertz CT molecular complexity index is 817. The molecule has 2 aromatic rings. The first kappa shape index (κ1) is 20.1. The number of phenolic OH excluding ortho intramolecular Hbond substituents is 2. The summed E-state index contributed by atoms with van der Waals surface area (Å²) in [5, 5.41) is 58.2. The molecule has 0 spiro atoms. The zero-order valence-corrected chi connectivity index (χ0v) is 14.8. The number of aliphatic hydroxyl groups excluding tert-OH is 4. The van der Waals surface area contributed by atoms with Gasteiger partial charge in [-0.05, 0) is 35.4 Å². The first-order valence-corrected chi connectivity index (χ1v) is 8.65. The Hall–Kier alpha value is -2.62. The summed E-state index contributed by atoms with van der Waals surface area (Å²) in [7, 11) is 0. The molecule has 1 aliphatic heterocycles. The number of ether oxygens (including phenoxy) is 2. The van der Waals surface area contributed by atoms with E-state index in [1.165, 1.54) is 12.1 Å². The monoisotopic (exact) mass is 390 g/mol. The molecule has 0 unspecified atom stereocenters. The largest absolute Gasteiger partial charge is 0.508 e. The molecule has 0 bridgehead atoms. The smallest absolute Gasteiger partial charge is 0.229 e. The zero-order valence-electron chi connectivity index (χ0n) is 14.8. The topological polar surface area (TPSA) is 140 Å². The van der Waals surface area contributed by atoms with Gasteiger partial charge in [0.15, 0.2) is 0 Å². The lowest BCUT2D eigenvalue weighted by molar-refractivity contribution is -0.277. The summed E-state index contributed by atoms with van der Waals surface area (Å²) < 4.78 is 10.8. The van der Waals surface area contributed by atoms with Crippen LogP contribution in [0.25, 0.3) is 12.2 Å². The maximum absolute atomic E-state index is 10.1. The van der Waals surface area contributed by atoms with Crippen molar-refractivity contribution in [3.05, 3.63) is 53.6 Å². The van der Waals surface area contributed by atoms with E-state index < -0.39 is 37.3 Å². The van der Waals surface area contributed by atoms with Crippen molar-refractivity contribution in [1.29, 1.82) is 0 Å². The summed E-state index contributed by atoms with van der Waals surface area (Å²) in [5.74, 6) is 0.229. The lowest BCUT2D eigenvalue weighted by Gasteiger charge is -2.39. The molecule has 0 aliphatic carbocycles. The van der Waals surface area contributed by atoms with Gasteiger partial charge in [0.25, 0.3) is 0 Å². The van der Waals surface area contributed by atoms with Crippen molar-refractivity contribution in [3.8, 4) is 17.2 Å². The van der Waals surface area contributed by atoms with Gasteiger partial charge in [0, 0.05) is 6.07 Å². The zero-order chi connectivity index (χ0) is 20.3. The van der Waals surface area contributed by atoms with Gasteiger partial charge in [0.2, 0.25) is 6.29 Å². The van der Waals surface area contributed by atoms with E-state index in [2.05, 4.69) is 0 Å². The minimum absolute atomic E-state index is 0.0903. The van der Waals surface area contributed by atoms with Gasteiger partial charge in [-0.25, -0.2) is 0 Å². The Morgan fingerprint density at radius 1 is 0.821 bits per heavy atom. The van der Waals surface area contributed by atoms with Crippen molar-refractivity contribution in [2.75, 3.05) is 6.61 Å². The quantitative estimate of drug-likeness (QED) is 0.405. The molecule has 8 nitrogen and oxygen atoms in total. The van der Waals surface area contributed by atoms with E-state index in [1.807, 2.05) is 0 Å². The highest BCUT2D eigenvalue weighted by Crippen LogP contribution is 2.28. The Balaban J connectivity index is 1.76. The second-order valence-corrected chi connectivity index (χ2v) is 6.50. The number of aliphatic hydroxyl groups is 4. The molecule has 0 aromatic heterocycles.